The number of amides is 1. The maximum absolute atomic E-state index is 12.6. The zero-order valence-electron chi connectivity index (χ0n) is 16.7. The molecule has 0 spiro atoms. The van der Waals surface area contributed by atoms with Crippen molar-refractivity contribution in [2.45, 2.75) is 64.3 Å². The molecule has 150 valence electrons. The van der Waals surface area contributed by atoms with Crippen molar-refractivity contribution >= 4 is 11.7 Å². The van der Waals surface area contributed by atoms with Crippen molar-refractivity contribution in [1.29, 1.82) is 0 Å². The molecule has 1 N–H and O–H groups in total. The van der Waals surface area contributed by atoms with Gasteiger partial charge in [0.05, 0.1) is 11.5 Å². The van der Waals surface area contributed by atoms with Gasteiger partial charge < -0.3 is 14.7 Å². The lowest BCUT2D eigenvalue weighted by atomic mass is 9.85. The van der Waals surface area contributed by atoms with Gasteiger partial charge in [-0.15, -0.1) is 0 Å². The van der Waals surface area contributed by atoms with Gasteiger partial charge in [0.15, 0.2) is 0 Å². The standard InChI is InChI=1S/C21H29N5O2/c1-3-14(2)23-20(27)16-9-6-12-26(13-16)19-17(10-5-11-22-19)18-24-21(28-25-18)15-7-4-8-15/h5,10-11,14-16H,3-4,6-9,12-13H2,1-2H3,(H,23,27)/t14-,16+/m0/s1. The molecule has 3 heterocycles. The molecule has 1 aliphatic carbocycles. The van der Waals surface area contributed by atoms with Crippen LogP contribution in [0.3, 0.4) is 0 Å². The fourth-order valence-electron chi connectivity index (χ4n) is 3.84. The third-order valence-corrected chi connectivity index (χ3v) is 6.02. The highest BCUT2D eigenvalue weighted by atomic mass is 16.5. The Bertz CT molecular complexity index is 817. The molecular weight excluding hydrogens is 354 g/mol. The first-order valence-corrected chi connectivity index (χ1v) is 10.5. The van der Waals surface area contributed by atoms with Crippen LogP contribution in [0.4, 0.5) is 5.82 Å². The van der Waals surface area contributed by atoms with Gasteiger partial charge in [0.2, 0.25) is 17.6 Å². The Balaban J connectivity index is 1.52. The molecule has 7 heteroatoms. The molecular formula is C21H29N5O2. The summed E-state index contributed by atoms with van der Waals surface area (Å²) in [6.45, 7) is 5.68. The molecule has 2 aromatic heterocycles. The molecule has 2 atom stereocenters. The molecule has 1 aliphatic heterocycles. The SMILES string of the molecule is CC[C@H](C)NC(=O)[C@@H]1CCCN(c2ncccc2-c2noc(C3CCC3)n2)C1. The fraction of sp³-hybridized carbons (Fsp3) is 0.619. The van der Waals surface area contributed by atoms with E-state index in [9.17, 15) is 4.79 Å². The first-order chi connectivity index (χ1) is 13.7. The summed E-state index contributed by atoms with van der Waals surface area (Å²) in [5, 5.41) is 7.34. The topological polar surface area (TPSA) is 84.2 Å². The maximum Gasteiger partial charge on any atom is 0.230 e. The molecule has 28 heavy (non-hydrogen) atoms. The Labute approximate surface area is 165 Å². The number of piperidine rings is 1. The van der Waals surface area contributed by atoms with Gasteiger partial charge in [0.1, 0.15) is 5.82 Å². The number of nitrogens with one attached hydrogen (secondary N) is 1. The minimum absolute atomic E-state index is 0.0200. The van der Waals surface area contributed by atoms with Gasteiger partial charge in [-0.25, -0.2) is 4.98 Å². The second-order valence-corrected chi connectivity index (χ2v) is 8.06. The molecule has 2 aromatic rings. The van der Waals surface area contributed by atoms with E-state index in [2.05, 4.69) is 32.3 Å². The Morgan fingerprint density at radius 1 is 1.36 bits per heavy atom. The maximum atomic E-state index is 12.6. The van der Waals surface area contributed by atoms with Crippen LogP contribution in [0.5, 0.6) is 0 Å². The number of anilines is 1. The number of hydrogen-bond acceptors (Lipinski definition) is 6. The van der Waals surface area contributed by atoms with Crippen LogP contribution in [0.1, 0.15) is 64.2 Å². The van der Waals surface area contributed by atoms with E-state index in [0.717, 1.165) is 55.9 Å². The number of rotatable bonds is 6. The summed E-state index contributed by atoms with van der Waals surface area (Å²) in [5.74, 6) is 2.70. The first-order valence-electron chi connectivity index (χ1n) is 10.5. The van der Waals surface area contributed by atoms with E-state index in [1.54, 1.807) is 6.20 Å². The first kappa shape index (κ1) is 18.9. The Morgan fingerprint density at radius 2 is 2.21 bits per heavy atom. The summed E-state index contributed by atoms with van der Waals surface area (Å²) in [6, 6.07) is 4.09. The van der Waals surface area contributed by atoms with E-state index in [0.29, 0.717) is 18.3 Å². The van der Waals surface area contributed by atoms with Crippen molar-refractivity contribution < 1.29 is 9.32 Å². The van der Waals surface area contributed by atoms with Crippen LogP contribution in [0.15, 0.2) is 22.9 Å². The summed E-state index contributed by atoms with van der Waals surface area (Å²) < 4.78 is 5.51. The van der Waals surface area contributed by atoms with Crippen molar-refractivity contribution in [3.05, 3.63) is 24.2 Å². The van der Waals surface area contributed by atoms with E-state index >= 15 is 0 Å². The number of hydrogen-bond donors (Lipinski definition) is 1. The molecule has 1 saturated carbocycles. The van der Waals surface area contributed by atoms with Gasteiger partial charge in [-0.1, -0.05) is 18.5 Å². The van der Waals surface area contributed by atoms with Crippen LogP contribution in [-0.2, 0) is 4.79 Å². The van der Waals surface area contributed by atoms with Crippen LogP contribution in [0.2, 0.25) is 0 Å². The van der Waals surface area contributed by atoms with Crippen LogP contribution in [-0.4, -0.2) is 40.2 Å². The predicted octanol–water partition coefficient (Wildman–Crippen LogP) is 3.53. The summed E-state index contributed by atoms with van der Waals surface area (Å²) in [5.41, 5.74) is 0.875. The minimum atomic E-state index is -0.0200. The van der Waals surface area contributed by atoms with E-state index in [1.165, 1.54) is 6.42 Å². The van der Waals surface area contributed by atoms with Gasteiger partial charge in [0.25, 0.3) is 0 Å². The van der Waals surface area contributed by atoms with Crippen LogP contribution in [0, 0.1) is 5.92 Å². The number of aromatic nitrogens is 3. The third-order valence-electron chi connectivity index (χ3n) is 6.02. The van der Waals surface area contributed by atoms with E-state index < -0.39 is 0 Å². The van der Waals surface area contributed by atoms with Crippen LogP contribution >= 0.6 is 0 Å². The van der Waals surface area contributed by atoms with Gasteiger partial charge in [-0.2, -0.15) is 4.98 Å². The number of nitrogens with zero attached hydrogens (tertiary/aromatic N) is 4. The van der Waals surface area contributed by atoms with Gasteiger partial charge in [-0.3, -0.25) is 4.79 Å². The Kier molecular flexibility index (Phi) is 5.59. The zero-order valence-corrected chi connectivity index (χ0v) is 16.7. The minimum Gasteiger partial charge on any atom is -0.355 e. The van der Waals surface area contributed by atoms with E-state index in [4.69, 9.17) is 4.52 Å². The van der Waals surface area contributed by atoms with E-state index in [-0.39, 0.29) is 17.9 Å². The van der Waals surface area contributed by atoms with Crippen molar-refractivity contribution in [3.8, 4) is 11.4 Å². The molecule has 0 aromatic carbocycles. The Hall–Kier alpha value is -2.44. The molecule has 0 unspecified atom stereocenters. The highest BCUT2D eigenvalue weighted by Gasteiger charge is 2.30. The lowest BCUT2D eigenvalue weighted by Crippen LogP contribution is -2.45. The average Bonchev–Trinajstić information content (AvgIpc) is 3.16. The molecule has 4 rings (SSSR count). The molecule has 2 fully saturated rings. The monoisotopic (exact) mass is 383 g/mol. The van der Waals surface area contributed by atoms with Gasteiger partial charge in [0, 0.05) is 31.2 Å². The fourth-order valence-corrected chi connectivity index (χ4v) is 3.84. The number of pyridine rings is 1. The number of carbonyl (C=O) groups is 1. The molecule has 0 bridgehead atoms. The second-order valence-electron chi connectivity index (χ2n) is 8.06. The zero-order chi connectivity index (χ0) is 19.5. The molecule has 1 saturated heterocycles. The number of carbonyl (C=O) groups excluding carboxylic acids is 1. The Morgan fingerprint density at radius 3 is 2.96 bits per heavy atom. The summed E-state index contributed by atoms with van der Waals surface area (Å²) in [4.78, 5) is 24.1. The van der Waals surface area contributed by atoms with E-state index in [1.807, 2.05) is 19.1 Å². The summed E-state index contributed by atoms with van der Waals surface area (Å²) >= 11 is 0. The van der Waals surface area contributed by atoms with Crippen molar-refractivity contribution in [3.63, 3.8) is 0 Å². The van der Waals surface area contributed by atoms with Gasteiger partial charge >= 0.3 is 0 Å². The van der Waals surface area contributed by atoms with Crippen LogP contribution < -0.4 is 10.2 Å². The summed E-state index contributed by atoms with van der Waals surface area (Å²) in [6.07, 6.45) is 8.08. The van der Waals surface area contributed by atoms with Gasteiger partial charge in [-0.05, 0) is 51.2 Å². The van der Waals surface area contributed by atoms with Crippen molar-refractivity contribution in [2.75, 3.05) is 18.0 Å². The highest BCUT2D eigenvalue weighted by molar-refractivity contribution is 5.80. The average molecular weight is 383 g/mol. The normalized spacial score (nSPS) is 21.2. The molecule has 7 nitrogen and oxygen atoms in total. The molecule has 2 aliphatic rings. The second kappa shape index (κ2) is 8.29. The largest absolute Gasteiger partial charge is 0.355 e. The van der Waals surface area contributed by atoms with Crippen LogP contribution in [0.25, 0.3) is 11.4 Å². The molecule has 0 radical (unpaired) electrons. The van der Waals surface area contributed by atoms with Crippen molar-refractivity contribution in [2.24, 2.45) is 5.92 Å². The molecule has 1 amide bonds. The lowest BCUT2D eigenvalue weighted by Gasteiger charge is -2.34. The summed E-state index contributed by atoms with van der Waals surface area (Å²) in [7, 11) is 0. The van der Waals surface area contributed by atoms with Crippen molar-refractivity contribution in [1.82, 2.24) is 20.4 Å². The quantitative estimate of drug-likeness (QED) is 0.821. The predicted molar refractivity (Wildman–Crippen MR) is 107 cm³/mol. The lowest BCUT2D eigenvalue weighted by molar-refractivity contribution is -0.125. The third kappa shape index (κ3) is 3.88. The smallest absolute Gasteiger partial charge is 0.230 e. The highest BCUT2D eigenvalue weighted by Crippen LogP contribution is 2.37.